The Morgan fingerprint density at radius 2 is 2.57 bits per heavy atom. The lowest BCUT2D eigenvalue weighted by Crippen LogP contribution is -2.36. The number of rotatable bonds is 3. The van der Waals surface area contributed by atoms with E-state index in [4.69, 9.17) is 15.9 Å². The first-order chi connectivity index (χ1) is 6.68. The van der Waals surface area contributed by atoms with Crippen LogP contribution in [0.25, 0.3) is 0 Å². The molecular weight excluding hydrogens is 184 g/mol. The molecule has 1 aliphatic rings. The summed E-state index contributed by atoms with van der Waals surface area (Å²) in [5.41, 5.74) is 5.50. The molecule has 4 N–H and O–H groups in total. The quantitative estimate of drug-likeness (QED) is 0.438. The molecule has 1 aromatic heterocycles. The van der Waals surface area contributed by atoms with Crippen LogP contribution in [-0.2, 0) is 11.3 Å². The third-order valence-electron chi connectivity index (χ3n) is 2.32. The summed E-state index contributed by atoms with van der Waals surface area (Å²) < 4.78 is 6.65. The van der Waals surface area contributed by atoms with Gasteiger partial charge in [0.05, 0.1) is 12.6 Å². The monoisotopic (exact) mass is 196 g/mol. The number of nitrogen functional groups attached to an aromatic ring is 1. The Morgan fingerprint density at radius 1 is 1.86 bits per heavy atom. The van der Waals surface area contributed by atoms with E-state index >= 15 is 0 Å². The molecule has 0 aromatic carbocycles. The lowest BCUT2D eigenvalue weighted by Gasteiger charge is -2.26. The number of amidine groups is 1. The molecule has 0 amide bonds. The Morgan fingerprint density at radius 3 is 3.07 bits per heavy atom. The van der Waals surface area contributed by atoms with Crippen molar-refractivity contribution in [2.75, 3.05) is 6.61 Å². The molecule has 1 atom stereocenters. The van der Waals surface area contributed by atoms with E-state index in [0.717, 1.165) is 13.0 Å². The van der Waals surface area contributed by atoms with Gasteiger partial charge in [-0.2, -0.15) is 0 Å². The van der Waals surface area contributed by atoms with E-state index < -0.39 is 0 Å². The normalized spacial score (nSPS) is 20.4. The van der Waals surface area contributed by atoms with E-state index in [1.165, 1.54) is 10.8 Å². The molecule has 76 valence electrons. The number of nitrogens with zero attached hydrogens (tertiary/aromatic N) is 1. The summed E-state index contributed by atoms with van der Waals surface area (Å²) in [6.07, 6.45) is 2.49. The van der Waals surface area contributed by atoms with E-state index in [9.17, 15) is 4.79 Å². The molecule has 0 radical (unpaired) electrons. The third kappa shape index (κ3) is 1.44. The van der Waals surface area contributed by atoms with Crippen LogP contribution in [0.1, 0.15) is 12.1 Å². The molecule has 1 aliphatic heterocycles. The molecule has 14 heavy (non-hydrogen) atoms. The summed E-state index contributed by atoms with van der Waals surface area (Å²) >= 11 is 0. The van der Waals surface area contributed by atoms with Crippen LogP contribution >= 0.6 is 0 Å². The molecule has 0 aliphatic carbocycles. The number of aromatic amines is 1. The van der Waals surface area contributed by atoms with Gasteiger partial charge in [-0.05, 0) is 6.42 Å². The van der Waals surface area contributed by atoms with Crippen molar-refractivity contribution in [1.82, 2.24) is 9.55 Å². The van der Waals surface area contributed by atoms with Crippen molar-refractivity contribution < 1.29 is 4.74 Å². The molecule has 0 saturated carbocycles. The van der Waals surface area contributed by atoms with Crippen LogP contribution in [0, 0.1) is 5.41 Å². The van der Waals surface area contributed by atoms with Crippen molar-refractivity contribution in [3.63, 3.8) is 0 Å². The molecule has 6 heteroatoms. The number of aromatic nitrogens is 2. The minimum atomic E-state index is -0.245. The standard InChI is InChI=1S/C8H12N4O2/c9-7(10)6-3-11-8(13)12(6)4-5-1-2-14-5/h3,5H,1-2,4H2,(H3,9,10)(H,11,13). The number of H-pyrrole nitrogens is 1. The SMILES string of the molecule is N=C(N)c1c[nH]c(=O)n1CC1CCO1. The lowest BCUT2D eigenvalue weighted by molar-refractivity contribution is -0.0597. The maximum atomic E-state index is 11.3. The summed E-state index contributed by atoms with van der Waals surface area (Å²) in [5.74, 6) is -0.109. The number of hydrogen-bond acceptors (Lipinski definition) is 3. The lowest BCUT2D eigenvalue weighted by atomic mass is 10.2. The van der Waals surface area contributed by atoms with Crippen molar-refractivity contribution in [2.24, 2.45) is 5.73 Å². The smallest absolute Gasteiger partial charge is 0.326 e. The summed E-state index contributed by atoms with van der Waals surface area (Å²) in [6.45, 7) is 1.22. The van der Waals surface area contributed by atoms with Gasteiger partial charge in [0.25, 0.3) is 0 Å². The van der Waals surface area contributed by atoms with Crippen LogP contribution < -0.4 is 11.4 Å². The summed E-state index contributed by atoms with van der Waals surface area (Å²) in [6, 6.07) is 0. The fourth-order valence-corrected chi connectivity index (χ4v) is 1.43. The van der Waals surface area contributed by atoms with Crippen LogP contribution in [0.4, 0.5) is 0 Å². The number of nitrogens with two attached hydrogens (primary N) is 1. The Kier molecular flexibility index (Phi) is 2.12. The molecule has 2 rings (SSSR count). The average molecular weight is 196 g/mol. The van der Waals surface area contributed by atoms with Crippen molar-refractivity contribution in [1.29, 1.82) is 5.41 Å². The Balaban J connectivity index is 2.25. The zero-order valence-corrected chi connectivity index (χ0v) is 7.62. The van der Waals surface area contributed by atoms with Crippen LogP contribution in [0.5, 0.6) is 0 Å². The first-order valence-corrected chi connectivity index (χ1v) is 4.42. The van der Waals surface area contributed by atoms with Gasteiger partial charge in [-0.1, -0.05) is 0 Å². The van der Waals surface area contributed by atoms with Gasteiger partial charge in [-0.15, -0.1) is 0 Å². The molecule has 1 unspecified atom stereocenters. The number of hydrogen-bond donors (Lipinski definition) is 3. The van der Waals surface area contributed by atoms with Crippen molar-refractivity contribution in [3.8, 4) is 0 Å². The first kappa shape index (κ1) is 9.01. The van der Waals surface area contributed by atoms with Crippen molar-refractivity contribution in [2.45, 2.75) is 19.1 Å². The second-order valence-electron chi connectivity index (χ2n) is 3.28. The average Bonchev–Trinajstić information content (AvgIpc) is 2.40. The van der Waals surface area contributed by atoms with Crippen LogP contribution in [0.3, 0.4) is 0 Å². The maximum Gasteiger partial charge on any atom is 0.326 e. The van der Waals surface area contributed by atoms with Gasteiger partial charge in [0, 0.05) is 12.8 Å². The highest BCUT2D eigenvalue weighted by Gasteiger charge is 2.21. The first-order valence-electron chi connectivity index (χ1n) is 4.42. The predicted octanol–water partition coefficient (Wildman–Crippen LogP) is -0.751. The second kappa shape index (κ2) is 3.30. The van der Waals surface area contributed by atoms with Crippen molar-refractivity contribution >= 4 is 5.84 Å². The largest absolute Gasteiger partial charge is 0.382 e. The molecule has 1 saturated heterocycles. The Bertz CT molecular complexity index is 402. The number of imidazole rings is 1. The molecule has 2 heterocycles. The van der Waals surface area contributed by atoms with Crippen LogP contribution in [0.2, 0.25) is 0 Å². The van der Waals surface area contributed by atoms with Gasteiger partial charge < -0.3 is 15.5 Å². The molecular formula is C8H12N4O2. The zero-order chi connectivity index (χ0) is 10.1. The predicted molar refractivity (Wildman–Crippen MR) is 50.4 cm³/mol. The summed E-state index contributed by atoms with van der Waals surface area (Å²) in [7, 11) is 0. The van der Waals surface area contributed by atoms with Crippen LogP contribution in [0.15, 0.2) is 11.0 Å². The second-order valence-corrected chi connectivity index (χ2v) is 3.28. The topological polar surface area (TPSA) is 96.9 Å². The van der Waals surface area contributed by atoms with Gasteiger partial charge in [0.2, 0.25) is 0 Å². The van der Waals surface area contributed by atoms with Gasteiger partial charge >= 0.3 is 5.69 Å². The highest BCUT2D eigenvalue weighted by atomic mass is 16.5. The van der Waals surface area contributed by atoms with E-state index in [1.807, 2.05) is 0 Å². The van der Waals surface area contributed by atoms with Gasteiger partial charge in [0.1, 0.15) is 11.5 Å². The summed E-state index contributed by atoms with van der Waals surface area (Å²) in [4.78, 5) is 13.8. The Hall–Kier alpha value is -1.56. The van der Waals surface area contributed by atoms with E-state index in [-0.39, 0.29) is 17.6 Å². The minimum Gasteiger partial charge on any atom is -0.382 e. The molecule has 6 nitrogen and oxygen atoms in total. The van der Waals surface area contributed by atoms with Gasteiger partial charge in [0.15, 0.2) is 0 Å². The zero-order valence-electron chi connectivity index (χ0n) is 7.62. The van der Waals surface area contributed by atoms with Crippen molar-refractivity contribution in [3.05, 3.63) is 22.4 Å². The maximum absolute atomic E-state index is 11.3. The van der Waals surface area contributed by atoms with Gasteiger partial charge in [-0.3, -0.25) is 9.98 Å². The minimum absolute atomic E-state index is 0.0848. The van der Waals surface area contributed by atoms with Crippen LogP contribution in [-0.4, -0.2) is 28.1 Å². The third-order valence-corrected chi connectivity index (χ3v) is 2.32. The highest BCUT2D eigenvalue weighted by Crippen LogP contribution is 2.12. The fraction of sp³-hybridized carbons (Fsp3) is 0.500. The van der Waals surface area contributed by atoms with E-state index in [0.29, 0.717) is 12.2 Å². The number of nitrogens with one attached hydrogen (secondary N) is 2. The molecule has 0 spiro atoms. The molecule has 1 fully saturated rings. The molecule has 0 bridgehead atoms. The summed E-state index contributed by atoms with van der Waals surface area (Å²) in [5, 5.41) is 7.27. The molecule has 1 aromatic rings. The highest BCUT2D eigenvalue weighted by molar-refractivity contribution is 5.93. The fourth-order valence-electron chi connectivity index (χ4n) is 1.43. The van der Waals surface area contributed by atoms with E-state index in [1.54, 1.807) is 0 Å². The van der Waals surface area contributed by atoms with Gasteiger partial charge in [-0.25, -0.2) is 4.79 Å². The van der Waals surface area contributed by atoms with E-state index in [2.05, 4.69) is 4.98 Å². The number of ether oxygens (including phenoxy) is 1. The Labute approximate surface area is 80.2 Å².